The average Bonchev–Trinajstić information content (AvgIpc) is 2.83. The van der Waals surface area contributed by atoms with Crippen LogP contribution in [-0.2, 0) is 4.79 Å². The summed E-state index contributed by atoms with van der Waals surface area (Å²) < 4.78 is 10.9. The zero-order chi connectivity index (χ0) is 17.3. The molecule has 0 saturated carbocycles. The zero-order valence-electron chi connectivity index (χ0n) is 12.7. The molecule has 0 aromatic heterocycles. The fraction of sp³-hybridized carbons (Fsp3) is 0.111. The van der Waals surface area contributed by atoms with Gasteiger partial charge in [0.15, 0.2) is 11.9 Å². The highest BCUT2D eigenvalue weighted by molar-refractivity contribution is 6.30. The van der Waals surface area contributed by atoms with Crippen LogP contribution in [0.25, 0.3) is 6.08 Å². The molecule has 1 aliphatic heterocycles. The van der Waals surface area contributed by atoms with E-state index in [1.165, 1.54) is 13.0 Å². The highest BCUT2D eigenvalue weighted by Crippen LogP contribution is 2.35. The summed E-state index contributed by atoms with van der Waals surface area (Å²) >= 11 is 5.93. The van der Waals surface area contributed by atoms with E-state index < -0.39 is 12.1 Å². The first kappa shape index (κ1) is 16.1. The lowest BCUT2D eigenvalue weighted by Crippen LogP contribution is -2.22. The van der Waals surface area contributed by atoms with Crippen LogP contribution in [0.5, 0.6) is 11.5 Å². The zero-order valence-corrected chi connectivity index (χ0v) is 13.4. The molecule has 5 nitrogen and oxygen atoms in total. The van der Waals surface area contributed by atoms with Crippen LogP contribution < -0.4 is 9.47 Å². The number of benzene rings is 2. The van der Waals surface area contributed by atoms with Crippen LogP contribution in [0.3, 0.4) is 0 Å². The number of fused-ring (bicyclic) bond motifs is 1. The van der Waals surface area contributed by atoms with Crippen molar-refractivity contribution >= 4 is 29.4 Å². The minimum absolute atomic E-state index is 0.177. The first-order valence-electron chi connectivity index (χ1n) is 7.17. The van der Waals surface area contributed by atoms with E-state index >= 15 is 0 Å². The number of allylic oxidation sites excluding steroid dienone is 1. The SMILES string of the molecule is CC(Oc1ccc2c(c1)OC(=Cc1cccc(Cl)c1)C2=O)C(=O)O. The lowest BCUT2D eigenvalue weighted by Gasteiger charge is -2.10. The van der Waals surface area contributed by atoms with E-state index in [9.17, 15) is 9.59 Å². The maximum absolute atomic E-state index is 12.4. The van der Waals surface area contributed by atoms with Gasteiger partial charge in [0.25, 0.3) is 0 Å². The number of hydrogen-bond donors (Lipinski definition) is 1. The van der Waals surface area contributed by atoms with E-state index in [1.54, 1.807) is 36.4 Å². The minimum Gasteiger partial charge on any atom is -0.479 e. The van der Waals surface area contributed by atoms with Crippen molar-refractivity contribution in [3.63, 3.8) is 0 Å². The van der Waals surface area contributed by atoms with E-state index in [0.29, 0.717) is 22.1 Å². The first-order chi connectivity index (χ1) is 11.4. The molecule has 1 heterocycles. The molecule has 3 rings (SSSR count). The third kappa shape index (κ3) is 3.26. The number of ketones is 1. The van der Waals surface area contributed by atoms with Gasteiger partial charge in [-0.3, -0.25) is 4.79 Å². The number of carbonyl (C=O) groups excluding carboxylic acids is 1. The molecule has 0 bridgehead atoms. The maximum atomic E-state index is 12.4. The van der Waals surface area contributed by atoms with E-state index in [-0.39, 0.29) is 11.5 Å². The Hall–Kier alpha value is -2.79. The van der Waals surface area contributed by atoms with Crippen LogP contribution in [-0.4, -0.2) is 23.0 Å². The largest absolute Gasteiger partial charge is 0.479 e. The van der Waals surface area contributed by atoms with E-state index in [2.05, 4.69) is 0 Å². The lowest BCUT2D eigenvalue weighted by atomic mass is 10.1. The quantitative estimate of drug-likeness (QED) is 0.854. The molecule has 0 fully saturated rings. The average molecular weight is 345 g/mol. The summed E-state index contributed by atoms with van der Waals surface area (Å²) in [5.74, 6) is -0.489. The summed E-state index contributed by atoms with van der Waals surface area (Å²) in [7, 11) is 0. The minimum atomic E-state index is -1.07. The van der Waals surface area contributed by atoms with Crippen molar-refractivity contribution in [2.24, 2.45) is 0 Å². The molecule has 0 aliphatic carbocycles. The molecule has 2 aromatic rings. The van der Waals surface area contributed by atoms with Crippen molar-refractivity contribution in [2.75, 3.05) is 0 Å². The van der Waals surface area contributed by atoms with Gasteiger partial charge < -0.3 is 14.6 Å². The van der Waals surface area contributed by atoms with Gasteiger partial charge >= 0.3 is 5.97 Å². The van der Waals surface area contributed by atoms with Crippen molar-refractivity contribution < 1.29 is 24.2 Å². The number of Topliss-reactive ketones (excluding diaryl/α,β-unsaturated/α-hetero) is 1. The third-order valence-corrected chi connectivity index (χ3v) is 3.68. The Morgan fingerprint density at radius 1 is 1.29 bits per heavy atom. The number of halogens is 1. The Labute approximate surface area is 143 Å². The molecule has 24 heavy (non-hydrogen) atoms. The van der Waals surface area contributed by atoms with Crippen molar-refractivity contribution in [1.82, 2.24) is 0 Å². The van der Waals surface area contributed by atoms with Gasteiger partial charge in [-0.15, -0.1) is 0 Å². The molecule has 0 radical (unpaired) electrons. The Morgan fingerprint density at radius 2 is 2.08 bits per heavy atom. The van der Waals surface area contributed by atoms with E-state index in [0.717, 1.165) is 5.56 Å². The van der Waals surface area contributed by atoms with Gasteiger partial charge in [0, 0.05) is 11.1 Å². The summed E-state index contributed by atoms with van der Waals surface area (Å²) in [5.41, 5.74) is 1.15. The molecule has 1 aliphatic rings. The van der Waals surface area contributed by atoms with Gasteiger partial charge in [0.1, 0.15) is 11.5 Å². The summed E-state index contributed by atoms with van der Waals surface area (Å²) in [6, 6.07) is 11.6. The molecule has 2 aromatic carbocycles. The van der Waals surface area contributed by atoms with Crippen LogP contribution >= 0.6 is 11.6 Å². The Balaban J connectivity index is 1.86. The fourth-order valence-corrected chi connectivity index (χ4v) is 2.44. The van der Waals surface area contributed by atoms with Gasteiger partial charge in [0.05, 0.1) is 5.56 Å². The predicted octanol–water partition coefficient (Wildman–Crippen LogP) is 3.81. The third-order valence-electron chi connectivity index (χ3n) is 3.45. The van der Waals surface area contributed by atoms with Gasteiger partial charge in [-0.25, -0.2) is 4.79 Å². The topological polar surface area (TPSA) is 72.8 Å². The highest BCUT2D eigenvalue weighted by Gasteiger charge is 2.28. The Bertz CT molecular complexity index is 856. The van der Waals surface area contributed by atoms with Crippen LogP contribution in [0, 0.1) is 0 Å². The van der Waals surface area contributed by atoms with Gasteiger partial charge in [-0.05, 0) is 42.8 Å². The molecule has 1 unspecified atom stereocenters. The second kappa shape index (κ2) is 6.37. The summed E-state index contributed by atoms with van der Waals surface area (Å²) in [4.78, 5) is 23.2. The van der Waals surface area contributed by atoms with Gasteiger partial charge in [0.2, 0.25) is 5.78 Å². The summed E-state index contributed by atoms with van der Waals surface area (Å²) in [5, 5.41) is 9.44. The molecule has 0 saturated heterocycles. The summed E-state index contributed by atoms with van der Waals surface area (Å²) in [6.45, 7) is 1.42. The Morgan fingerprint density at radius 3 is 2.79 bits per heavy atom. The van der Waals surface area contributed by atoms with Crippen molar-refractivity contribution in [2.45, 2.75) is 13.0 Å². The molecule has 6 heteroatoms. The highest BCUT2D eigenvalue weighted by atomic mass is 35.5. The smallest absolute Gasteiger partial charge is 0.344 e. The molecule has 122 valence electrons. The second-order valence-electron chi connectivity index (χ2n) is 5.25. The number of carbonyl (C=O) groups is 2. The maximum Gasteiger partial charge on any atom is 0.344 e. The monoisotopic (exact) mass is 344 g/mol. The van der Waals surface area contributed by atoms with Crippen LogP contribution in [0.2, 0.25) is 5.02 Å². The molecule has 1 N–H and O–H groups in total. The van der Waals surface area contributed by atoms with E-state index in [4.69, 9.17) is 26.2 Å². The van der Waals surface area contributed by atoms with Crippen LogP contribution in [0.1, 0.15) is 22.8 Å². The van der Waals surface area contributed by atoms with Crippen molar-refractivity contribution in [3.8, 4) is 11.5 Å². The van der Waals surface area contributed by atoms with Crippen molar-refractivity contribution in [1.29, 1.82) is 0 Å². The fourth-order valence-electron chi connectivity index (χ4n) is 2.24. The van der Waals surface area contributed by atoms with Gasteiger partial charge in [-0.1, -0.05) is 23.7 Å². The molecular formula is C18H13ClO5. The predicted molar refractivity (Wildman–Crippen MR) is 88.6 cm³/mol. The molecule has 0 spiro atoms. The normalized spacial score (nSPS) is 15.8. The molecule has 0 amide bonds. The number of aliphatic carboxylic acids is 1. The van der Waals surface area contributed by atoms with Crippen LogP contribution in [0.4, 0.5) is 0 Å². The number of hydrogen-bond acceptors (Lipinski definition) is 4. The lowest BCUT2D eigenvalue weighted by molar-refractivity contribution is -0.144. The second-order valence-corrected chi connectivity index (χ2v) is 5.69. The van der Waals surface area contributed by atoms with Crippen molar-refractivity contribution in [3.05, 3.63) is 64.4 Å². The number of carboxylic acids is 1. The Kier molecular flexibility index (Phi) is 4.27. The summed E-state index contributed by atoms with van der Waals surface area (Å²) in [6.07, 6.45) is 0.607. The number of ether oxygens (including phenoxy) is 2. The first-order valence-corrected chi connectivity index (χ1v) is 7.55. The standard InChI is InChI=1S/C18H13ClO5/c1-10(18(21)22)23-13-5-6-14-15(9-13)24-16(17(14)20)8-11-3-2-4-12(19)7-11/h2-10H,1H3,(H,21,22). The number of rotatable bonds is 4. The molecular weight excluding hydrogens is 332 g/mol. The number of carboxylic acid groups (broad SMARTS) is 1. The van der Waals surface area contributed by atoms with Crippen LogP contribution in [0.15, 0.2) is 48.2 Å². The van der Waals surface area contributed by atoms with E-state index in [1.807, 2.05) is 6.07 Å². The molecule has 1 atom stereocenters. The van der Waals surface area contributed by atoms with Gasteiger partial charge in [-0.2, -0.15) is 0 Å².